The van der Waals surface area contributed by atoms with Crippen molar-refractivity contribution < 1.29 is 19.4 Å². The van der Waals surface area contributed by atoms with Gasteiger partial charge >= 0.3 is 6.03 Å². The van der Waals surface area contributed by atoms with Crippen molar-refractivity contribution in [2.75, 3.05) is 30.7 Å². The van der Waals surface area contributed by atoms with Crippen LogP contribution in [0.1, 0.15) is 52.3 Å². The molecule has 38 heavy (non-hydrogen) atoms. The number of aliphatic hydroxyl groups excluding tert-OH is 1. The summed E-state index contributed by atoms with van der Waals surface area (Å²) < 4.78 is 7.72. The number of imidazole rings is 1. The predicted molar refractivity (Wildman–Crippen MR) is 143 cm³/mol. The number of nitrogens with one attached hydrogen (secondary N) is 2. The van der Waals surface area contributed by atoms with Crippen LogP contribution in [0.2, 0.25) is 0 Å². The van der Waals surface area contributed by atoms with Gasteiger partial charge < -0.3 is 31.1 Å². The normalized spacial score (nSPS) is 19.4. The summed E-state index contributed by atoms with van der Waals surface area (Å²) in [7, 11) is 0. The van der Waals surface area contributed by atoms with E-state index in [-0.39, 0.29) is 42.2 Å². The highest BCUT2D eigenvalue weighted by Crippen LogP contribution is 2.32. The fraction of sp³-hybridized carbons (Fsp3) is 0.500. The largest absolute Gasteiger partial charge is 0.388 e. The Balaban J connectivity index is 1.25. The van der Waals surface area contributed by atoms with Crippen molar-refractivity contribution in [2.24, 2.45) is 0 Å². The maximum atomic E-state index is 12.8. The van der Waals surface area contributed by atoms with E-state index in [1.54, 1.807) is 9.47 Å². The number of aliphatic hydroxyl groups is 1. The summed E-state index contributed by atoms with van der Waals surface area (Å²) in [6, 6.07) is 7.34. The SMILES string of the molecule is CCN(C[C@@H]1C[C@@H](O)[C@H](n2cnc3c(N)ncnc32)O1)C(=O)CCNC(=O)Nc1ccc(C(C)(C)C)cc1. The first-order valence-electron chi connectivity index (χ1n) is 12.8. The van der Waals surface area contributed by atoms with Crippen molar-refractivity contribution in [2.45, 2.75) is 64.4 Å². The Morgan fingerprint density at radius 1 is 1.21 bits per heavy atom. The molecular formula is C26H36N8O4. The smallest absolute Gasteiger partial charge is 0.319 e. The van der Waals surface area contributed by atoms with Gasteiger partial charge in [-0.15, -0.1) is 0 Å². The summed E-state index contributed by atoms with van der Waals surface area (Å²) in [5, 5.41) is 16.2. The Hall–Kier alpha value is -3.77. The van der Waals surface area contributed by atoms with Gasteiger partial charge in [-0.25, -0.2) is 19.7 Å². The van der Waals surface area contributed by atoms with Gasteiger partial charge in [0.15, 0.2) is 17.7 Å². The van der Waals surface area contributed by atoms with Gasteiger partial charge in [-0.3, -0.25) is 9.36 Å². The number of anilines is 2. The van der Waals surface area contributed by atoms with E-state index >= 15 is 0 Å². The summed E-state index contributed by atoms with van der Waals surface area (Å²) >= 11 is 0. The minimum absolute atomic E-state index is 0.0339. The van der Waals surface area contributed by atoms with Crippen LogP contribution in [0.15, 0.2) is 36.9 Å². The number of urea groups is 1. The molecule has 3 atom stereocenters. The Labute approximate surface area is 221 Å². The molecule has 2 aromatic heterocycles. The molecule has 0 radical (unpaired) electrons. The monoisotopic (exact) mass is 524 g/mol. The van der Waals surface area contributed by atoms with Crippen LogP contribution in [-0.2, 0) is 14.9 Å². The van der Waals surface area contributed by atoms with Gasteiger partial charge in [0, 0.05) is 38.2 Å². The number of aromatic nitrogens is 4. The number of carbonyl (C=O) groups excluding carboxylic acids is 2. The van der Waals surface area contributed by atoms with E-state index in [4.69, 9.17) is 10.5 Å². The van der Waals surface area contributed by atoms with Crippen molar-refractivity contribution in [3.05, 3.63) is 42.5 Å². The Morgan fingerprint density at radius 3 is 2.63 bits per heavy atom. The second-order valence-electron chi connectivity index (χ2n) is 10.4. The third kappa shape index (κ3) is 6.20. The molecule has 3 amide bonds. The highest BCUT2D eigenvalue weighted by atomic mass is 16.5. The molecule has 1 aliphatic rings. The van der Waals surface area contributed by atoms with E-state index in [0.29, 0.717) is 36.4 Å². The molecule has 0 aliphatic carbocycles. The lowest BCUT2D eigenvalue weighted by molar-refractivity contribution is -0.133. The quantitative estimate of drug-likeness (QED) is 0.349. The van der Waals surface area contributed by atoms with E-state index in [0.717, 1.165) is 0 Å². The zero-order chi connectivity index (χ0) is 27.4. The number of ether oxygens (including phenoxy) is 1. The second kappa shape index (κ2) is 11.3. The van der Waals surface area contributed by atoms with E-state index in [1.165, 1.54) is 18.2 Å². The summed E-state index contributed by atoms with van der Waals surface area (Å²) in [6.07, 6.45) is 1.48. The van der Waals surface area contributed by atoms with Gasteiger partial charge in [0.2, 0.25) is 5.91 Å². The fourth-order valence-electron chi connectivity index (χ4n) is 4.48. The van der Waals surface area contributed by atoms with Gasteiger partial charge in [0.25, 0.3) is 0 Å². The average molecular weight is 525 g/mol. The molecule has 1 aromatic carbocycles. The van der Waals surface area contributed by atoms with Crippen LogP contribution >= 0.6 is 0 Å². The van der Waals surface area contributed by atoms with Crippen LogP contribution in [0.4, 0.5) is 16.3 Å². The summed E-state index contributed by atoms with van der Waals surface area (Å²) in [4.78, 5) is 39.1. The van der Waals surface area contributed by atoms with Crippen LogP contribution in [0.25, 0.3) is 11.2 Å². The minimum Gasteiger partial charge on any atom is -0.388 e. The average Bonchev–Trinajstić information content (AvgIpc) is 3.45. The Morgan fingerprint density at radius 2 is 1.95 bits per heavy atom. The molecule has 0 saturated carbocycles. The molecule has 5 N–H and O–H groups in total. The molecule has 0 bridgehead atoms. The molecule has 204 valence electrons. The third-order valence-corrected chi connectivity index (χ3v) is 6.62. The van der Waals surface area contributed by atoms with Crippen LogP contribution in [-0.4, -0.2) is 73.3 Å². The molecule has 3 heterocycles. The summed E-state index contributed by atoms with van der Waals surface area (Å²) in [5.41, 5.74) is 8.67. The lowest BCUT2D eigenvalue weighted by Crippen LogP contribution is -2.39. The Bertz CT molecular complexity index is 1270. The summed E-state index contributed by atoms with van der Waals surface area (Å²) in [6.45, 7) is 9.26. The number of rotatable bonds is 8. The number of nitrogens with zero attached hydrogens (tertiary/aromatic N) is 5. The fourth-order valence-corrected chi connectivity index (χ4v) is 4.48. The molecule has 1 fully saturated rings. The van der Waals surface area contributed by atoms with E-state index in [2.05, 4.69) is 46.4 Å². The maximum Gasteiger partial charge on any atom is 0.319 e. The first-order valence-corrected chi connectivity index (χ1v) is 12.8. The first-order chi connectivity index (χ1) is 18.1. The molecule has 4 rings (SSSR count). The number of nitrogens with two attached hydrogens (primary N) is 1. The number of likely N-dealkylation sites (N-methyl/N-ethyl adjacent to an activating group) is 1. The lowest BCUT2D eigenvalue weighted by atomic mass is 9.87. The third-order valence-electron chi connectivity index (χ3n) is 6.62. The van der Waals surface area contributed by atoms with Crippen molar-refractivity contribution in [3.8, 4) is 0 Å². The van der Waals surface area contributed by atoms with Crippen LogP contribution in [0.3, 0.4) is 0 Å². The highest BCUT2D eigenvalue weighted by Gasteiger charge is 2.37. The van der Waals surface area contributed by atoms with Crippen molar-refractivity contribution in [1.29, 1.82) is 0 Å². The molecular weight excluding hydrogens is 488 g/mol. The first kappa shape index (κ1) is 27.3. The van der Waals surface area contributed by atoms with Crippen molar-refractivity contribution in [1.82, 2.24) is 29.7 Å². The zero-order valence-electron chi connectivity index (χ0n) is 22.2. The predicted octanol–water partition coefficient (Wildman–Crippen LogP) is 2.41. The maximum absolute atomic E-state index is 12.8. The highest BCUT2D eigenvalue weighted by molar-refractivity contribution is 5.89. The molecule has 3 aromatic rings. The van der Waals surface area contributed by atoms with Gasteiger partial charge in [0.1, 0.15) is 17.9 Å². The van der Waals surface area contributed by atoms with Gasteiger partial charge in [-0.05, 0) is 30.0 Å². The standard InChI is InChI=1S/C26H36N8O4/c1-5-33(20(36)10-11-28-25(37)32-17-8-6-16(7-9-17)26(2,3)4)13-18-12-19(35)24(38-18)34-15-31-21-22(27)29-14-30-23(21)34/h6-9,14-15,18-19,24,35H,5,10-13H2,1-4H3,(H2,27,29,30)(H2,28,32,37)/t18-,19+,24+/m0/s1. The van der Waals surface area contributed by atoms with Crippen LogP contribution < -0.4 is 16.4 Å². The van der Waals surface area contributed by atoms with E-state index in [1.807, 2.05) is 31.2 Å². The summed E-state index contributed by atoms with van der Waals surface area (Å²) in [5.74, 6) is 0.138. The number of hydrogen-bond donors (Lipinski definition) is 4. The van der Waals surface area contributed by atoms with Crippen molar-refractivity contribution in [3.63, 3.8) is 0 Å². The number of carbonyl (C=O) groups is 2. The minimum atomic E-state index is -0.801. The van der Waals surface area contributed by atoms with Crippen LogP contribution in [0, 0.1) is 0 Å². The van der Waals surface area contributed by atoms with Crippen molar-refractivity contribution >= 4 is 34.6 Å². The molecule has 0 spiro atoms. The number of nitrogen functional groups attached to an aromatic ring is 1. The molecule has 12 heteroatoms. The molecule has 12 nitrogen and oxygen atoms in total. The van der Waals surface area contributed by atoms with Gasteiger partial charge in [-0.1, -0.05) is 32.9 Å². The van der Waals surface area contributed by atoms with E-state index < -0.39 is 12.3 Å². The number of fused-ring (bicyclic) bond motifs is 1. The number of benzene rings is 1. The van der Waals surface area contributed by atoms with E-state index in [9.17, 15) is 14.7 Å². The van der Waals surface area contributed by atoms with Gasteiger partial charge in [0.05, 0.1) is 12.4 Å². The number of amides is 3. The lowest BCUT2D eigenvalue weighted by Gasteiger charge is -2.24. The topological polar surface area (TPSA) is 161 Å². The van der Waals surface area contributed by atoms with Gasteiger partial charge in [-0.2, -0.15) is 0 Å². The zero-order valence-corrected chi connectivity index (χ0v) is 22.2. The number of hydrogen-bond acceptors (Lipinski definition) is 8. The molecule has 1 aliphatic heterocycles. The Kier molecular flexibility index (Phi) is 8.12. The molecule has 1 saturated heterocycles. The van der Waals surface area contributed by atoms with Crippen LogP contribution in [0.5, 0.6) is 0 Å². The second-order valence-corrected chi connectivity index (χ2v) is 10.4. The molecule has 0 unspecified atom stereocenters.